The fourth-order valence-corrected chi connectivity index (χ4v) is 2.45. The summed E-state index contributed by atoms with van der Waals surface area (Å²) in [5.41, 5.74) is 7.16. The lowest BCUT2D eigenvalue weighted by Crippen LogP contribution is -2.49. The van der Waals surface area contributed by atoms with Gasteiger partial charge in [-0.1, -0.05) is 13.0 Å². The van der Waals surface area contributed by atoms with Crippen LogP contribution in [0.1, 0.15) is 38.8 Å². The molecule has 0 saturated carbocycles. The average Bonchev–Trinajstić information content (AvgIpc) is 2.38. The molecule has 0 amide bonds. The Morgan fingerprint density at radius 2 is 2.39 bits per heavy atom. The van der Waals surface area contributed by atoms with Crippen LogP contribution in [0.3, 0.4) is 0 Å². The van der Waals surface area contributed by atoms with E-state index < -0.39 is 0 Å². The van der Waals surface area contributed by atoms with Crippen molar-refractivity contribution in [2.24, 2.45) is 5.73 Å². The Bertz CT molecular complexity index is 394. The van der Waals surface area contributed by atoms with E-state index in [4.69, 9.17) is 10.5 Å². The summed E-state index contributed by atoms with van der Waals surface area (Å²) in [6.07, 6.45) is 3.14. The molecular formula is C14H23N3O. The van der Waals surface area contributed by atoms with Crippen LogP contribution in [-0.4, -0.2) is 30.3 Å². The lowest BCUT2D eigenvalue weighted by Gasteiger charge is -2.40. The highest BCUT2D eigenvalue weighted by molar-refractivity contribution is 5.49. The van der Waals surface area contributed by atoms with Crippen molar-refractivity contribution >= 4 is 5.82 Å². The minimum Gasteiger partial charge on any atom is -0.375 e. The number of hydrogen-bond acceptors (Lipinski definition) is 4. The maximum Gasteiger partial charge on any atom is 0.133 e. The second-order valence-corrected chi connectivity index (χ2v) is 5.06. The van der Waals surface area contributed by atoms with Crippen molar-refractivity contribution in [1.82, 2.24) is 4.98 Å². The van der Waals surface area contributed by atoms with Gasteiger partial charge >= 0.3 is 0 Å². The van der Waals surface area contributed by atoms with E-state index >= 15 is 0 Å². The standard InChI is InChI=1S/C14H23N3O/c1-4-12-9-18-10(2)8-17(12)14-13(11(3)15)6-5-7-16-14/h5-7,10-12H,4,8-9,15H2,1-3H3/t10?,11-,12?/m0/s1. The number of anilines is 1. The smallest absolute Gasteiger partial charge is 0.133 e. The van der Waals surface area contributed by atoms with Gasteiger partial charge in [-0.15, -0.1) is 0 Å². The van der Waals surface area contributed by atoms with Crippen LogP contribution in [0.2, 0.25) is 0 Å². The zero-order chi connectivity index (χ0) is 13.1. The van der Waals surface area contributed by atoms with Gasteiger partial charge in [-0.05, 0) is 26.3 Å². The molecule has 2 rings (SSSR count). The Kier molecular flexibility index (Phi) is 4.19. The molecule has 1 aliphatic rings. The minimum absolute atomic E-state index is 0.00403. The van der Waals surface area contributed by atoms with E-state index in [0.29, 0.717) is 6.04 Å². The van der Waals surface area contributed by atoms with E-state index in [1.165, 1.54) is 0 Å². The second kappa shape index (κ2) is 5.67. The molecule has 2 N–H and O–H groups in total. The van der Waals surface area contributed by atoms with Gasteiger partial charge in [-0.3, -0.25) is 0 Å². The summed E-state index contributed by atoms with van der Waals surface area (Å²) in [6, 6.07) is 4.42. The third-order valence-electron chi connectivity index (χ3n) is 3.52. The Labute approximate surface area is 109 Å². The molecule has 1 aromatic heterocycles. The Hall–Kier alpha value is -1.13. The maximum absolute atomic E-state index is 6.04. The Morgan fingerprint density at radius 3 is 3.06 bits per heavy atom. The Morgan fingerprint density at radius 1 is 1.61 bits per heavy atom. The van der Waals surface area contributed by atoms with Crippen LogP contribution in [0, 0.1) is 0 Å². The van der Waals surface area contributed by atoms with E-state index in [1.807, 2.05) is 19.2 Å². The molecule has 0 spiro atoms. The van der Waals surface area contributed by atoms with Crippen molar-refractivity contribution in [3.63, 3.8) is 0 Å². The zero-order valence-electron chi connectivity index (χ0n) is 11.5. The molecule has 4 nitrogen and oxygen atoms in total. The van der Waals surface area contributed by atoms with Crippen LogP contribution in [0.5, 0.6) is 0 Å². The van der Waals surface area contributed by atoms with Gasteiger partial charge in [-0.2, -0.15) is 0 Å². The van der Waals surface area contributed by atoms with Crippen molar-refractivity contribution in [2.75, 3.05) is 18.1 Å². The molecule has 2 unspecified atom stereocenters. The van der Waals surface area contributed by atoms with Gasteiger partial charge in [0, 0.05) is 24.3 Å². The van der Waals surface area contributed by atoms with Crippen molar-refractivity contribution in [1.29, 1.82) is 0 Å². The summed E-state index contributed by atoms with van der Waals surface area (Å²) in [4.78, 5) is 6.90. The van der Waals surface area contributed by atoms with Crippen molar-refractivity contribution in [2.45, 2.75) is 45.4 Å². The highest BCUT2D eigenvalue weighted by Gasteiger charge is 2.28. The van der Waals surface area contributed by atoms with Crippen LogP contribution < -0.4 is 10.6 Å². The fourth-order valence-electron chi connectivity index (χ4n) is 2.45. The minimum atomic E-state index is 0.00403. The summed E-state index contributed by atoms with van der Waals surface area (Å²) >= 11 is 0. The largest absolute Gasteiger partial charge is 0.375 e. The second-order valence-electron chi connectivity index (χ2n) is 5.06. The first-order valence-electron chi connectivity index (χ1n) is 6.72. The lowest BCUT2D eigenvalue weighted by atomic mass is 10.1. The highest BCUT2D eigenvalue weighted by atomic mass is 16.5. The van der Waals surface area contributed by atoms with Crippen molar-refractivity contribution in [3.8, 4) is 0 Å². The van der Waals surface area contributed by atoms with E-state index in [9.17, 15) is 0 Å². The predicted molar refractivity (Wildman–Crippen MR) is 73.7 cm³/mol. The Balaban J connectivity index is 2.33. The van der Waals surface area contributed by atoms with E-state index in [2.05, 4.69) is 29.8 Å². The molecular weight excluding hydrogens is 226 g/mol. The summed E-state index contributed by atoms with van der Waals surface area (Å²) in [5.74, 6) is 1.02. The third-order valence-corrected chi connectivity index (χ3v) is 3.52. The normalized spacial score (nSPS) is 26.1. The highest BCUT2D eigenvalue weighted by Crippen LogP contribution is 2.27. The molecule has 1 fully saturated rings. The molecule has 0 bridgehead atoms. The number of nitrogens with zero attached hydrogens (tertiary/aromatic N) is 2. The molecule has 100 valence electrons. The van der Waals surface area contributed by atoms with Crippen molar-refractivity contribution in [3.05, 3.63) is 23.9 Å². The first kappa shape index (κ1) is 13.3. The molecule has 1 saturated heterocycles. The number of hydrogen-bond donors (Lipinski definition) is 1. The third kappa shape index (κ3) is 2.65. The molecule has 1 aromatic rings. The number of pyridine rings is 1. The van der Waals surface area contributed by atoms with Crippen LogP contribution >= 0.6 is 0 Å². The van der Waals surface area contributed by atoms with Crippen LogP contribution in [-0.2, 0) is 4.74 Å². The molecule has 0 radical (unpaired) electrons. The SMILES string of the molecule is CCC1COC(C)CN1c1ncccc1[C@H](C)N. The molecule has 3 atom stereocenters. The topological polar surface area (TPSA) is 51.4 Å². The van der Waals surface area contributed by atoms with Crippen LogP contribution in [0.15, 0.2) is 18.3 Å². The molecule has 0 aromatic carbocycles. The average molecular weight is 249 g/mol. The predicted octanol–water partition coefficient (Wildman–Crippen LogP) is 2.11. The number of aromatic nitrogens is 1. The zero-order valence-corrected chi connectivity index (χ0v) is 11.5. The fraction of sp³-hybridized carbons (Fsp3) is 0.643. The molecule has 1 aliphatic heterocycles. The monoisotopic (exact) mass is 249 g/mol. The van der Waals surface area contributed by atoms with Gasteiger partial charge in [0.05, 0.1) is 18.8 Å². The summed E-state index contributed by atoms with van der Waals surface area (Å²) < 4.78 is 5.73. The van der Waals surface area contributed by atoms with E-state index in [-0.39, 0.29) is 12.1 Å². The molecule has 2 heterocycles. The van der Waals surface area contributed by atoms with E-state index in [0.717, 1.165) is 31.0 Å². The van der Waals surface area contributed by atoms with E-state index in [1.54, 1.807) is 0 Å². The summed E-state index contributed by atoms with van der Waals surface area (Å²) in [6.45, 7) is 7.95. The van der Waals surface area contributed by atoms with Crippen LogP contribution in [0.25, 0.3) is 0 Å². The molecule has 0 aliphatic carbocycles. The maximum atomic E-state index is 6.04. The lowest BCUT2D eigenvalue weighted by molar-refractivity contribution is 0.0295. The first-order chi connectivity index (χ1) is 8.63. The van der Waals surface area contributed by atoms with Gasteiger partial charge < -0.3 is 15.4 Å². The number of ether oxygens (including phenoxy) is 1. The van der Waals surface area contributed by atoms with Crippen LogP contribution in [0.4, 0.5) is 5.82 Å². The van der Waals surface area contributed by atoms with Gasteiger partial charge in [0.25, 0.3) is 0 Å². The number of morpholine rings is 1. The quantitative estimate of drug-likeness (QED) is 0.891. The molecule has 18 heavy (non-hydrogen) atoms. The number of rotatable bonds is 3. The summed E-state index contributed by atoms with van der Waals surface area (Å²) in [5, 5.41) is 0. The molecule has 4 heteroatoms. The van der Waals surface area contributed by atoms with Gasteiger partial charge in [0.2, 0.25) is 0 Å². The number of nitrogens with two attached hydrogens (primary N) is 1. The van der Waals surface area contributed by atoms with Crippen molar-refractivity contribution < 1.29 is 4.74 Å². The summed E-state index contributed by atoms with van der Waals surface area (Å²) in [7, 11) is 0. The first-order valence-corrected chi connectivity index (χ1v) is 6.72. The van der Waals surface area contributed by atoms with Gasteiger partial charge in [0.15, 0.2) is 0 Å². The van der Waals surface area contributed by atoms with Gasteiger partial charge in [0.1, 0.15) is 5.82 Å². The van der Waals surface area contributed by atoms with Gasteiger partial charge in [-0.25, -0.2) is 4.98 Å².